The Hall–Kier alpha value is -0.660. The molecule has 1 unspecified atom stereocenters. The van der Waals surface area contributed by atoms with Crippen molar-refractivity contribution in [3.63, 3.8) is 0 Å². The van der Waals surface area contributed by atoms with Gasteiger partial charge in [-0.2, -0.15) is 0 Å². The van der Waals surface area contributed by atoms with E-state index in [0.29, 0.717) is 6.42 Å². The second-order valence-electron chi connectivity index (χ2n) is 6.73. The lowest BCUT2D eigenvalue weighted by Gasteiger charge is -2.37. The molecule has 0 amide bonds. The minimum Gasteiger partial charge on any atom is -0.317 e. The van der Waals surface area contributed by atoms with Crippen molar-refractivity contribution in [3.8, 4) is 0 Å². The maximum Gasteiger partial charge on any atom is 0.175 e. The smallest absolute Gasteiger partial charge is 0.175 e. The van der Waals surface area contributed by atoms with Gasteiger partial charge in [-0.25, -0.2) is 16.8 Å². The van der Waals surface area contributed by atoms with Crippen molar-refractivity contribution in [1.82, 2.24) is 5.32 Å². The Bertz CT molecular complexity index is 684. The predicted octanol–water partition coefficient (Wildman–Crippen LogP) is 1.83. The summed E-state index contributed by atoms with van der Waals surface area (Å²) in [4.78, 5) is 0.215. The zero-order valence-electron chi connectivity index (χ0n) is 13.9. The van der Waals surface area contributed by atoms with Gasteiger partial charge in [0.25, 0.3) is 0 Å². The Morgan fingerprint density at radius 2 is 1.87 bits per heavy atom. The summed E-state index contributed by atoms with van der Waals surface area (Å²) in [6.45, 7) is 4.05. The molecular weight excluding hydrogens is 334 g/mol. The maximum absolute atomic E-state index is 12.6. The molecule has 1 N–H and O–H groups in total. The third-order valence-corrected chi connectivity index (χ3v) is 8.45. The lowest BCUT2D eigenvalue weighted by molar-refractivity contribution is 0.186. The van der Waals surface area contributed by atoms with Crippen LogP contribution >= 0.6 is 0 Å². The van der Waals surface area contributed by atoms with Crippen molar-refractivity contribution in [2.45, 2.75) is 44.3 Å². The van der Waals surface area contributed by atoms with E-state index in [1.165, 1.54) is 18.2 Å². The number of sulfone groups is 2. The number of allylic oxidation sites excluding steroid dienone is 2. The summed E-state index contributed by atoms with van der Waals surface area (Å²) >= 11 is 0. The van der Waals surface area contributed by atoms with Crippen molar-refractivity contribution < 1.29 is 16.8 Å². The fourth-order valence-electron chi connectivity index (χ4n) is 3.37. The lowest BCUT2D eigenvalue weighted by Crippen LogP contribution is -2.38. The first-order valence-corrected chi connectivity index (χ1v) is 11.8. The average molecular weight is 362 g/mol. The van der Waals surface area contributed by atoms with Crippen molar-refractivity contribution in [1.29, 1.82) is 0 Å². The van der Waals surface area contributed by atoms with E-state index in [1.54, 1.807) is 0 Å². The van der Waals surface area contributed by atoms with Gasteiger partial charge in [-0.3, -0.25) is 0 Å². The quantitative estimate of drug-likeness (QED) is 0.781. The van der Waals surface area contributed by atoms with Gasteiger partial charge in [0.1, 0.15) is 0 Å². The molecule has 0 spiro atoms. The molecule has 1 aliphatic carbocycles. The molecule has 132 valence electrons. The van der Waals surface area contributed by atoms with Crippen LogP contribution in [0.3, 0.4) is 0 Å². The summed E-state index contributed by atoms with van der Waals surface area (Å²) < 4.78 is 48.2. The zero-order chi connectivity index (χ0) is 17.1. The Labute approximate surface area is 140 Å². The fourth-order valence-corrected chi connectivity index (χ4v) is 5.82. The van der Waals surface area contributed by atoms with Crippen LogP contribution in [0.25, 0.3) is 0 Å². The molecule has 1 saturated heterocycles. The van der Waals surface area contributed by atoms with Crippen LogP contribution in [0.2, 0.25) is 0 Å². The minimum absolute atomic E-state index is 0.129. The Balaban J connectivity index is 2.01. The van der Waals surface area contributed by atoms with Crippen molar-refractivity contribution >= 4 is 19.7 Å². The van der Waals surface area contributed by atoms with Gasteiger partial charge < -0.3 is 5.32 Å². The topological polar surface area (TPSA) is 80.3 Å². The Kier molecular flexibility index (Phi) is 5.74. The molecular formula is C16H27NO4S2. The molecule has 1 atom stereocenters. The Morgan fingerprint density at radius 1 is 1.22 bits per heavy atom. The highest BCUT2D eigenvalue weighted by atomic mass is 32.2. The van der Waals surface area contributed by atoms with E-state index in [1.807, 2.05) is 0 Å². The first-order chi connectivity index (χ1) is 10.7. The van der Waals surface area contributed by atoms with Crippen molar-refractivity contribution in [2.75, 3.05) is 25.1 Å². The van der Waals surface area contributed by atoms with Gasteiger partial charge in [0.05, 0.1) is 15.9 Å². The van der Waals surface area contributed by atoms with E-state index in [-0.39, 0.29) is 22.5 Å². The molecule has 2 aliphatic rings. The van der Waals surface area contributed by atoms with Gasteiger partial charge in [0.15, 0.2) is 19.7 Å². The summed E-state index contributed by atoms with van der Waals surface area (Å²) in [5.41, 5.74) is 0.129. The van der Waals surface area contributed by atoms with E-state index in [4.69, 9.17) is 0 Å². The molecule has 0 aromatic carbocycles. The third-order valence-electron chi connectivity index (χ3n) is 5.25. The largest absolute Gasteiger partial charge is 0.317 e. The van der Waals surface area contributed by atoms with Crippen LogP contribution in [0, 0.1) is 5.41 Å². The standard InChI is InChI=1S/C16H27NO4S2/c1-3-16(8-11-17-12-9-16)10-13-23(20,21)15-6-4-14(5-7-15)22(2,18)19/h4-6,15,17H,3,7-13H2,1-2H3. The molecule has 1 fully saturated rings. The molecule has 0 bridgehead atoms. The first kappa shape index (κ1) is 18.7. The summed E-state index contributed by atoms with van der Waals surface area (Å²) in [5, 5.41) is 2.73. The summed E-state index contributed by atoms with van der Waals surface area (Å²) in [5.74, 6) is 0.178. The van der Waals surface area contributed by atoms with Crippen LogP contribution in [-0.2, 0) is 19.7 Å². The van der Waals surface area contributed by atoms with Gasteiger partial charge >= 0.3 is 0 Å². The SMILES string of the molecule is CCC1(CCS(=O)(=O)C2C=CC(S(C)(=O)=O)=CC2)CCNCC1. The lowest BCUT2D eigenvalue weighted by atomic mass is 9.75. The first-order valence-electron chi connectivity index (χ1n) is 8.19. The summed E-state index contributed by atoms with van der Waals surface area (Å²) in [6, 6.07) is 0. The van der Waals surface area contributed by atoms with Crippen LogP contribution in [-0.4, -0.2) is 47.2 Å². The summed E-state index contributed by atoms with van der Waals surface area (Å²) in [6.07, 6.45) is 9.63. The number of rotatable bonds is 6. The van der Waals surface area contributed by atoms with E-state index >= 15 is 0 Å². The molecule has 0 aromatic heterocycles. The minimum atomic E-state index is -3.27. The molecule has 2 rings (SSSR count). The number of piperidine rings is 1. The predicted molar refractivity (Wildman–Crippen MR) is 93.7 cm³/mol. The van der Waals surface area contributed by atoms with Crippen LogP contribution in [0.15, 0.2) is 23.1 Å². The highest BCUT2D eigenvalue weighted by Gasteiger charge is 2.33. The van der Waals surface area contributed by atoms with Gasteiger partial charge in [0.2, 0.25) is 0 Å². The molecule has 1 aliphatic heterocycles. The number of hydrogen-bond donors (Lipinski definition) is 1. The van der Waals surface area contributed by atoms with E-state index < -0.39 is 24.9 Å². The van der Waals surface area contributed by atoms with Crippen LogP contribution in [0.5, 0.6) is 0 Å². The van der Waals surface area contributed by atoms with Gasteiger partial charge in [-0.1, -0.05) is 25.5 Å². The van der Waals surface area contributed by atoms with Crippen LogP contribution in [0.1, 0.15) is 39.0 Å². The van der Waals surface area contributed by atoms with Crippen molar-refractivity contribution in [2.24, 2.45) is 5.41 Å². The second kappa shape index (κ2) is 7.07. The molecule has 23 heavy (non-hydrogen) atoms. The second-order valence-corrected chi connectivity index (χ2v) is 11.1. The maximum atomic E-state index is 12.6. The van der Waals surface area contributed by atoms with Crippen molar-refractivity contribution in [3.05, 3.63) is 23.1 Å². The third kappa shape index (κ3) is 4.67. The number of hydrogen-bond acceptors (Lipinski definition) is 5. The molecule has 0 radical (unpaired) electrons. The Morgan fingerprint density at radius 3 is 2.35 bits per heavy atom. The monoisotopic (exact) mass is 361 g/mol. The molecule has 0 saturated carbocycles. The fraction of sp³-hybridized carbons (Fsp3) is 0.750. The highest BCUT2D eigenvalue weighted by Crippen LogP contribution is 2.37. The van der Waals surface area contributed by atoms with E-state index in [9.17, 15) is 16.8 Å². The summed E-state index contributed by atoms with van der Waals surface area (Å²) in [7, 11) is -6.51. The van der Waals surface area contributed by atoms with E-state index in [0.717, 1.165) is 38.6 Å². The normalized spacial score (nSPS) is 25.1. The van der Waals surface area contributed by atoms with Crippen LogP contribution < -0.4 is 5.32 Å². The highest BCUT2D eigenvalue weighted by molar-refractivity contribution is 7.94. The van der Waals surface area contributed by atoms with E-state index in [2.05, 4.69) is 12.2 Å². The zero-order valence-corrected chi connectivity index (χ0v) is 15.5. The van der Waals surface area contributed by atoms with Gasteiger partial charge in [-0.15, -0.1) is 0 Å². The molecule has 7 heteroatoms. The molecule has 0 aromatic rings. The number of nitrogens with one attached hydrogen (secondary N) is 1. The van der Waals surface area contributed by atoms with Gasteiger partial charge in [-0.05, 0) is 50.3 Å². The molecule has 1 heterocycles. The van der Waals surface area contributed by atoms with Crippen LogP contribution in [0.4, 0.5) is 0 Å². The van der Waals surface area contributed by atoms with Gasteiger partial charge in [0, 0.05) is 6.26 Å². The average Bonchev–Trinajstić information content (AvgIpc) is 2.53. The molecule has 5 nitrogen and oxygen atoms in total.